The number of aromatic carboxylic acids is 1. The molecular weight excluding hydrogens is 384 g/mol. The van der Waals surface area contributed by atoms with Crippen LogP contribution < -0.4 is 15.2 Å². The highest BCUT2D eigenvalue weighted by atomic mass is 79.9. The molecule has 0 radical (unpaired) electrons. The van der Waals surface area contributed by atoms with Gasteiger partial charge < -0.3 is 20.0 Å². The van der Waals surface area contributed by atoms with Crippen LogP contribution in [0.15, 0.2) is 46.9 Å². The predicted octanol–water partition coefficient (Wildman–Crippen LogP) is 1.74. The number of carbonyl (C=O) groups is 2. The Kier molecular flexibility index (Phi) is 5.48. The average molecular weight is 394 g/mol. The monoisotopic (exact) mass is 393 g/mol. The molecule has 8 nitrogen and oxygen atoms in total. The summed E-state index contributed by atoms with van der Waals surface area (Å²) in [5.74, 6) is -2.18. The molecule has 0 aliphatic carbocycles. The molecule has 0 atom stereocenters. The van der Waals surface area contributed by atoms with Crippen LogP contribution in [0.3, 0.4) is 0 Å². The second kappa shape index (κ2) is 7.55. The molecule has 0 saturated carbocycles. The van der Waals surface area contributed by atoms with Crippen LogP contribution in [0.2, 0.25) is 0 Å². The van der Waals surface area contributed by atoms with Gasteiger partial charge in [0.05, 0.1) is 10.9 Å². The second-order valence-corrected chi connectivity index (χ2v) is 5.45. The number of carboxylic acids is 1. The minimum absolute atomic E-state index is 0.0364. The van der Waals surface area contributed by atoms with Crippen LogP contribution >= 0.6 is 15.9 Å². The minimum Gasteiger partial charge on any atom is -0.545 e. The van der Waals surface area contributed by atoms with Gasteiger partial charge in [0.1, 0.15) is 0 Å². The molecule has 124 valence electrons. The number of rotatable bonds is 6. The molecule has 0 aromatic heterocycles. The van der Waals surface area contributed by atoms with Crippen LogP contribution in [-0.2, 0) is 4.79 Å². The van der Waals surface area contributed by atoms with Gasteiger partial charge in [0.25, 0.3) is 5.91 Å². The SMILES string of the molecule is O=C(COc1ccccc1[N+](=O)[O-])Nc1ccc(Br)cc1C(=O)[O-]. The van der Waals surface area contributed by atoms with Gasteiger partial charge in [0, 0.05) is 21.8 Å². The Morgan fingerprint density at radius 1 is 1.21 bits per heavy atom. The number of amides is 1. The van der Waals surface area contributed by atoms with Gasteiger partial charge in [-0.2, -0.15) is 0 Å². The summed E-state index contributed by atoms with van der Waals surface area (Å²) in [6.45, 7) is -0.520. The highest BCUT2D eigenvalue weighted by molar-refractivity contribution is 9.10. The third-order valence-corrected chi connectivity index (χ3v) is 3.39. The normalized spacial score (nSPS) is 10.0. The number of nitrogens with zero attached hydrogens (tertiary/aromatic N) is 1. The minimum atomic E-state index is -1.45. The highest BCUT2D eigenvalue weighted by Gasteiger charge is 2.15. The molecule has 0 aliphatic heterocycles. The standard InChI is InChI=1S/C15H11BrN2O6/c16-9-5-6-11(10(7-9)15(20)21)17-14(19)8-24-13-4-2-1-3-12(13)18(22)23/h1-7H,8H2,(H,17,19)(H,20,21)/p-1. The third-order valence-electron chi connectivity index (χ3n) is 2.90. The summed E-state index contributed by atoms with van der Waals surface area (Å²) in [4.78, 5) is 33.2. The number of nitro groups is 1. The maximum absolute atomic E-state index is 11.9. The Labute approximate surface area is 144 Å². The first kappa shape index (κ1) is 17.4. The number of hydrogen-bond donors (Lipinski definition) is 1. The van der Waals surface area contributed by atoms with E-state index in [0.717, 1.165) is 0 Å². The molecule has 0 bridgehead atoms. The fraction of sp³-hybridized carbons (Fsp3) is 0.0667. The number of benzene rings is 2. The number of carboxylic acid groups (broad SMARTS) is 1. The van der Waals surface area contributed by atoms with E-state index in [1.807, 2.05) is 0 Å². The summed E-state index contributed by atoms with van der Waals surface area (Å²) in [5.41, 5.74) is -0.442. The van der Waals surface area contributed by atoms with E-state index in [2.05, 4.69) is 21.2 Å². The summed E-state index contributed by atoms with van der Waals surface area (Å²) < 4.78 is 5.64. The van der Waals surface area contributed by atoms with Gasteiger partial charge in [-0.1, -0.05) is 28.1 Å². The average Bonchev–Trinajstić information content (AvgIpc) is 2.54. The van der Waals surface area contributed by atoms with E-state index in [0.29, 0.717) is 4.47 Å². The van der Waals surface area contributed by atoms with Crippen molar-refractivity contribution in [3.05, 3.63) is 62.6 Å². The van der Waals surface area contributed by atoms with E-state index >= 15 is 0 Å². The van der Waals surface area contributed by atoms with E-state index in [4.69, 9.17) is 4.74 Å². The molecule has 1 N–H and O–H groups in total. The van der Waals surface area contributed by atoms with Crippen molar-refractivity contribution in [2.75, 3.05) is 11.9 Å². The summed E-state index contributed by atoms with van der Waals surface area (Å²) >= 11 is 3.12. The zero-order valence-electron chi connectivity index (χ0n) is 12.0. The molecular formula is C15H10BrN2O6-. The zero-order chi connectivity index (χ0) is 17.7. The lowest BCUT2D eigenvalue weighted by atomic mass is 10.2. The fourth-order valence-corrected chi connectivity index (χ4v) is 2.22. The number of anilines is 1. The summed E-state index contributed by atoms with van der Waals surface area (Å²) in [7, 11) is 0. The predicted molar refractivity (Wildman–Crippen MR) is 85.7 cm³/mol. The van der Waals surface area contributed by atoms with Crippen molar-refractivity contribution >= 4 is 39.2 Å². The van der Waals surface area contributed by atoms with Crippen molar-refractivity contribution in [1.29, 1.82) is 0 Å². The van der Waals surface area contributed by atoms with Gasteiger partial charge >= 0.3 is 5.69 Å². The maximum atomic E-state index is 11.9. The van der Waals surface area contributed by atoms with Crippen molar-refractivity contribution in [2.24, 2.45) is 0 Å². The quantitative estimate of drug-likeness (QED) is 0.588. The number of carbonyl (C=O) groups excluding carboxylic acids is 2. The molecule has 0 heterocycles. The van der Waals surface area contributed by atoms with Crippen molar-refractivity contribution < 1.29 is 24.4 Å². The number of halogens is 1. The molecule has 0 unspecified atom stereocenters. The molecule has 24 heavy (non-hydrogen) atoms. The molecule has 2 rings (SSSR count). The largest absolute Gasteiger partial charge is 0.545 e. The summed E-state index contributed by atoms with van der Waals surface area (Å²) in [6, 6.07) is 9.83. The summed E-state index contributed by atoms with van der Waals surface area (Å²) in [5, 5.41) is 24.3. The first-order valence-corrected chi connectivity index (χ1v) is 7.34. The Hall–Kier alpha value is -2.94. The second-order valence-electron chi connectivity index (χ2n) is 4.54. The molecule has 2 aromatic rings. The van der Waals surface area contributed by atoms with E-state index < -0.39 is 23.4 Å². The molecule has 0 aliphatic rings. The topological polar surface area (TPSA) is 122 Å². The lowest BCUT2D eigenvalue weighted by molar-refractivity contribution is -0.385. The van der Waals surface area contributed by atoms with Gasteiger partial charge in [-0.3, -0.25) is 14.9 Å². The van der Waals surface area contributed by atoms with Crippen molar-refractivity contribution in [3.8, 4) is 5.75 Å². The van der Waals surface area contributed by atoms with Gasteiger partial charge in [-0.25, -0.2) is 0 Å². The van der Waals surface area contributed by atoms with Crippen LogP contribution in [0.1, 0.15) is 10.4 Å². The molecule has 9 heteroatoms. The molecule has 0 spiro atoms. The van der Waals surface area contributed by atoms with Gasteiger partial charge in [-0.05, 0) is 24.3 Å². The van der Waals surface area contributed by atoms with E-state index in [1.54, 1.807) is 6.07 Å². The number of nitro benzene ring substituents is 1. The van der Waals surface area contributed by atoms with Crippen molar-refractivity contribution in [1.82, 2.24) is 0 Å². The smallest absolute Gasteiger partial charge is 0.310 e. The van der Waals surface area contributed by atoms with Crippen LogP contribution in [-0.4, -0.2) is 23.4 Å². The van der Waals surface area contributed by atoms with E-state index in [9.17, 15) is 24.8 Å². The van der Waals surface area contributed by atoms with Gasteiger partial charge in [0.15, 0.2) is 12.4 Å². The van der Waals surface area contributed by atoms with Gasteiger partial charge in [-0.15, -0.1) is 0 Å². The number of nitrogens with one attached hydrogen (secondary N) is 1. The Bertz CT molecular complexity index is 808. The zero-order valence-corrected chi connectivity index (χ0v) is 13.6. The van der Waals surface area contributed by atoms with Gasteiger partial charge in [0.2, 0.25) is 0 Å². The fourth-order valence-electron chi connectivity index (χ4n) is 1.85. The lowest BCUT2D eigenvalue weighted by Crippen LogP contribution is -2.26. The van der Waals surface area contributed by atoms with Crippen LogP contribution in [0, 0.1) is 10.1 Å². The molecule has 2 aromatic carbocycles. The molecule has 1 amide bonds. The molecule has 0 fully saturated rings. The van der Waals surface area contributed by atoms with Crippen molar-refractivity contribution in [3.63, 3.8) is 0 Å². The Morgan fingerprint density at radius 3 is 2.58 bits per heavy atom. The Balaban J connectivity index is 2.08. The van der Waals surface area contributed by atoms with Crippen LogP contribution in [0.25, 0.3) is 0 Å². The van der Waals surface area contributed by atoms with E-state index in [1.165, 1.54) is 36.4 Å². The lowest BCUT2D eigenvalue weighted by Gasteiger charge is -2.12. The third kappa shape index (κ3) is 4.29. The first-order chi connectivity index (χ1) is 11.4. The highest BCUT2D eigenvalue weighted by Crippen LogP contribution is 2.26. The van der Waals surface area contributed by atoms with Crippen LogP contribution in [0.5, 0.6) is 5.75 Å². The Morgan fingerprint density at radius 2 is 1.92 bits per heavy atom. The summed E-state index contributed by atoms with van der Waals surface area (Å²) in [6.07, 6.45) is 0. The van der Waals surface area contributed by atoms with Crippen molar-refractivity contribution in [2.45, 2.75) is 0 Å². The first-order valence-electron chi connectivity index (χ1n) is 6.55. The number of para-hydroxylation sites is 2. The number of ether oxygens (including phenoxy) is 1. The number of hydrogen-bond acceptors (Lipinski definition) is 6. The molecule has 0 saturated heterocycles. The maximum Gasteiger partial charge on any atom is 0.310 e. The van der Waals surface area contributed by atoms with E-state index in [-0.39, 0.29) is 22.7 Å². The van der Waals surface area contributed by atoms with Crippen LogP contribution in [0.4, 0.5) is 11.4 Å².